The molecule has 0 aromatic carbocycles. The van der Waals surface area contributed by atoms with Gasteiger partial charge in [0.1, 0.15) is 6.61 Å². The van der Waals surface area contributed by atoms with Crippen molar-refractivity contribution in [1.82, 2.24) is 14.7 Å². The molecule has 9 heteroatoms. The highest BCUT2D eigenvalue weighted by Gasteiger charge is 2.74. The van der Waals surface area contributed by atoms with E-state index in [0.717, 1.165) is 0 Å². The van der Waals surface area contributed by atoms with Crippen LogP contribution in [0.1, 0.15) is 6.92 Å². The van der Waals surface area contributed by atoms with Gasteiger partial charge in [0.25, 0.3) is 0 Å². The number of primary amides is 1. The maximum atomic E-state index is 13.2. The Morgan fingerprint density at radius 2 is 2.04 bits per heavy atom. The lowest BCUT2D eigenvalue weighted by atomic mass is 9.82. The van der Waals surface area contributed by atoms with Crippen molar-refractivity contribution in [2.75, 3.05) is 34.3 Å². The number of rotatable bonds is 3. The first-order chi connectivity index (χ1) is 12.1. The number of aliphatic hydroxyl groups is 1. The van der Waals surface area contributed by atoms with E-state index in [-0.39, 0.29) is 41.5 Å². The van der Waals surface area contributed by atoms with Crippen molar-refractivity contribution in [3.05, 3.63) is 22.5 Å². The minimum atomic E-state index is -1.47. The summed E-state index contributed by atoms with van der Waals surface area (Å²) in [6.07, 6.45) is -0.984. The Bertz CT molecular complexity index is 816. The molecular formula is C17H22N4O5. The van der Waals surface area contributed by atoms with Gasteiger partial charge in [-0.25, -0.2) is 4.79 Å². The molecule has 4 aliphatic rings. The monoisotopic (exact) mass is 362 g/mol. The highest BCUT2D eigenvalue weighted by molar-refractivity contribution is 6.25. The molecule has 9 nitrogen and oxygen atoms in total. The Hall–Kier alpha value is -2.39. The molecule has 4 rings (SSSR count). The number of carbonyl (C=O) groups is 3. The molecule has 1 aliphatic carbocycles. The van der Waals surface area contributed by atoms with Gasteiger partial charge in [0.2, 0.25) is 11.6 Å². The quantitative estimate of drug-likeness (QED) is 0.467. The van der Waals surface area contributed by atoms with E-state index in [2.05, 4.69) is 0 Å². The molecule has 0 spiro atoms. The molecule has 0 radical (unpaired) electrons. The first kappa shape index (κ1) is 17.0. The highest BCUT2D eigenvalue weighted by Crippen LogP contribution is 2.57. The zero-order valence-electron chi connectivity index (χ0n) is 15.1. The largest absolute Gasteiger partial charge is 0.449 e. The number of nitrogens with zero attached hydrogens (tertiary/aromatic N) is 3. The van der Waals surface area contributed by atoms with Crippen molar-refractivity contribution < 1.29 is 24.2 Å². The SMILES string of the molecule is CC1=C(N(C)C)C(=O)C2=C(C1=O)N1CC3C(N3C)[C@]1(O)[C@@H]2COC(N)=O. The standard InChI is InChI=1S/C17H22N4O5/c1-7-11(19(2)3)14(23)10-8(6-26-16(18)24)17(25)15-9(20(15)4)5-21(17)12(10)13(7)22/h8-9,15,25H,5-6H2,1-4H3,(H2,18,24)/t8-,9?,15?,17-,20?/m1/s1. The molecule has 26 heavy (non-hydrogen) atoms. The lowest BCUT2D eigenvalue weighted by Gasteiger charge is -2.37. The summed E-state index contributed by atoms with van der Waals surface area (Å²) in [7, 11) is 5.27. The number of hydrogen-bond donors (Lipinski definition) is 2. The van der Waals surface area contributed by atoms with Crippen molar-refractivity contribution in [1.29, 1.82) is 0 Å². The summed E-state index contributed by atoms with van der Waals surface area (Å²) in [5, 5.41) is 11.5. The summed E-state index contributed by atoms with van der Waals surface area (Å²) >= 11 is 0. The maximum absolute atomic E-state index is 13.2. The van der Waals surface area contributed by atoms with Crippen LogP contribution in [0, 0.1) is 5.92 Å². The Morgan fingerprint density at radius 3 is 2.62 bits per heavy atom. The number of Topliss-reactive ketones (excluding diaryl/α,β-unsaturated/α-hetero) is 2. The Labute approximate surface area is 150 Å². The molecule has 5 atom stereocenters. The van der Waals surface area contributed by atoms with Gasteiger partial charge >= 0.3 is 6.09 Å². The average Bonchev–Trinajstić information content (AvgIpc) is 2.95. The third kappa shape index (κ3) is 1.84. The molecule has 0 bridgehead atoms. The van der Waals surface area contributed by atoms with Crippen LogP contribution >= 0.6 is 0 Å². The lowest BCUT2D eigenvalue weighted by Crippen LogP contribution is -2.53. The van der Waals surface area contributed by atoms with E-state index < -0.39 is 17.7 Å². The van der Waals surface area contributed by atoms with Crippen LogP contribution in [0.15, 0.2) is 22.5 Å². The molecule has 3 aliphatic heterocycles. The summed E-state index contributed by atoms with van der Waals surface area (Å²) in [6, 6.07) is -0.120. The predicted octanol–water partition coefficient (Wildman–Crippen LogP) is -1.36. The Balaban J connectivity index is 1.83. The van der Waals surface area contributed by atoms with Crippen molar-refractivity contribution >= 4 is 17.7 Å². The van der Waals surface area contributed by atoms with Gasteiger partial charge < -0.3 is 25.4 Å². The van der Waals surface area contributed by atoms with Gasteiger partial charge in [0, 0.05) is 37.8 Å². The van der Waals surface area contributed by atoms with E-state index in [9.17, 15) is 19.5 Å². The number of carbonyl (C=O) groups excluding carboxylic acids is 3. The zero-order chi connectivity index (χ0) is 19.1. The van der Waals surface area contributed by atoms with E-state index in [1.165, 1.54) is 0 Å². The van der Waals surface area contributed by atoms with Crippen molar-refractivity contribution in [2.24, 2.45) is 11.7 Å². The number of ketones is 2. The number of fused-ring (bicyclic) bond motifs is 4. The summed E-state index contributed by atoms with van der Waals surface area (Å²) in [5.41, 5.74) is 4.73. The van der Waals surface area contributed by atoms with E-state index >= 15 is 0 Å². The van der Waals surface area contributed by atoms with Gasteiger partial charge in [-0.3, -0.25) is 14.5 Å². The molecule has 2 fully saturated rings. The number of allylic oxidation sites excluding steroid dienone is 2. The fourth-order valence-corrected chi connectivity index (χ4v) is 4.90. The second kappa shape index (κ2) is 5.08. The van der Waals surface area contributed by atoms with E-state index in [1.54, 1.807) is 30.8 Å². The second-order valence-electron chi connectivity index (χ2n) is 7.54. The maximum Gasteiger partial charge on any atom is 0.404 e. The molecule has 3 heterocycles. The Kier molecular flexibility index (Phi) is 3.33. The highest BCUT2D eigenvalue weighted by atomic mass is 16.5. The van der Waals surface area contributed by atoms with Crippen LogP contribution in [0.25, 0.3) is 0 Å². The van der Waals surface area contributed by atoms with Crippen molar-refractivity contribution in [3.63, 3.8) is 0 Å². The van der Waals surface area contributed by atoms with Gasteiger partial charge in [-0.2, -0.15) is 0 Å². The molecular weight excluding hydrogens is 340 g/mol. The molecule has 0 aromatic rings. The van der Waals surface area contributed by atoms with Crippen LogP contribution in [-0.2, 0) is 14.3 Å². The van der Waals surface area contributed by atoms with Crippen molar-refractivity contribution in [3.8, 4) is 0 Å². The smallest absolute Gasteiger partial charge is 0.404 e. The van der Waals surface area contributed by atoms with E-state index in [4.69, 9.17) is 10.5 Å². The zero-order valence-corrected chi connectivity index (χ0v) is 15.1. The summed E-state index contributed by atoms with van der Waals surface area (Å²) in [5.74, 6) is -1.42. The second-order valence-corrected chi connectivity index (χ2v) is 7.54. The third-order valence-electron chi connectivity index (χ3n) is 6.07. The first-order valence-electron chi connectivity index (χ1n) is 8.48. The van der Waals surface area contributed by atoms with Crippen LogP contribution in [0.2, 0.25) is 0 Å². The first-order valence-corrected chi connectivity index (χ1v) is 8.48. The van der Waals surface area contributed by atoms with E-state index in [1.807, 2.05) is 11.9 Å². The number of nitrogens with two attached hydrogens (primary N) is 1. The molecule has 0 aromatic heterocycles. The number of likely N-dealkylation sites (N-methyl/N-ethyl adjacent to an activating group) is 2. The van der Waals surface area contributed by atoms with Crippen LogP contribution < -0.4 is 5.73 Å². The minimum absolute atomic E-state index is 0.104. The van der Waals surface area contributed by atoms with Gasteiger partial charge in [-0.05, 0) is 14.0 Å². The minimum Gasteiger partial charge on any atom is -0.449 e. The number of ether oxygens (including phenoxy) is 1. The van der Waals surface area contributed by atoms with Gasteiger partial charge in [-0.15, -0.1) is 0 Å². The molecule has 3 unspecified atom stereocenters. The predicted molar refractivity (Wildman–Crippen MR) is 89.4 cm³/mol. The fraction of sp³-hybridized carbons (Fsp3) is 0.588. The lowest BCUT2D eigenvalue weighted by molar-refractivity contribution is -0.126. The van der Waals surface area contributed by atoms with Crippen LogP contribution in [0.4, 0.5) is 4.79 Å². The number of piperazine rings is 1. The fourth-order valence-electron chi connectivity index (χ4n) is 4.90. The van der Waals surface area contributed by atoms with Crippen LogP contribution in [-0.4, -0.2) is 89.6 Å². The average molecular weight is 362 g/mol. The van der Waals surface area contributed by atoms with Gasteiger partial charge in [0.05, 0.1) is 23.4 Å². The molecule has 1 amide bonds. The van der Waals surface area contributed by atoms with E-state index in [0.29, 0.717) is 17.8 Å². The summed E-state index contributed by atoms with van der Waals surface area (Å²) < 4.78 is 4.96. The number of amides is 1. The van der Waals surface area contributed by atoms with Gasteiger partial charge in [-0.1, -0.05) is 0 Å². The molecule has 3 N–H and O–H groups in total. The normalized spacial score (nSPS) is 37.7. The van der Waals surface area contributed by atoms with Crippen LogP contribution in [0.5, 0.6) is 0 Å². The third-order valence-corrected chi connectivity index (χ3v) is 6.07. The van der Waals surface area contributed by atoms with Crippen molar-refractivity contribution in [2.45, 2.75) is 24.7 Å². The van der Waals surface area contributed by atoms with Crippen LogP contribution in [0.3, 0.4) is 0 Å². The van der Waals surface area contributed by atoms with Gasteiger partial charge in [0.15, 0.2) is 5.72 Å². The molecule has 140 valence electrons. The number of hydrogen-bond acceptors (Lipinski definition) is 8. The molecule has 0 saturated carbocycles. The Morgan fingerprint density at radius 1 is 1.38 bits per heavy atom. The molecule has 2 saturated heterocycles. The summed E-state index contributed by atoms with van der Waals surface area (Å²) in [4.78, 5) is 42.6. The summed E-state index contributed by atoms with van der Waals surface area (Å²) in [6.45, 7) is 1.82. The topological polar surface area (TPSA) is 116 Å².